The molecule has 1 heterocycles. The van der Waals surface area contributed by atoms with Gasteiger partial charge in [0.25, 0.3) is 0 Å². The maximum absolute atomic E-state index is 11.9. The average molecular weight is 244 g/mol. The molecule has 6 heteroatoms. The van der Waals surface area contributed by atoms with E-state index in [0.717, 1.165) is 12.8 Å². The molecular formula is C11H20N2O4. The van der Waals surface area contributed by atoms with Gasteiger partial charge in [-0.2, -0.15) is 0 Å². The van der Waals surface area contributed by atoms with Crippen LogP contribution in [0.2, 0.25) is 0 Å². The second kappa shape index (κ2) is 6.44. The molecule has 1 rings (SSSR count). The standard InChI is InChI=1S/C11H20N2O4/c1-3-8(7-17-2)12-11(16)13-6-4-5-9(13)10(14)15/h8-9H,3-7H2,1-2H3,(H,12,16)(H,14,15). The van der Waals surface area contributed by atoms with Crippen molar-refractivity contribution in [3.05, 3.63) is 0 Å². The highest BCUT2D eigenvalue weighted by molar-refractivity contribution is 5.83. The number of likely N-dealkylation sites (tertiary alicyclic amines) is 1. The van der Waals surface area contributed by atoms with Crippen molar-refractivity contribution in [1.82, 2.24) is 10.2 Å². The molecule has 0 bridgehead atoms. The summed E-state index contributed by atoms with van der Waals surface area (Å²) < 4.78 is 4.98. The van der Waals surface area contributed by atoms with Gasteiger partial charge >= 0.3 is 12.0 Å². The molecule has 0 radical (unpaired) electrons. The molecule has 2 amide bonds. The quantitative estimate of drug-likeness (QED) is 0.745. The number of amides is 2. The lowest BCUT2D eigenvalue weighted by Gasteiger charge is -2.25. The molecule has 1 aliphatic heterocycles. The molecule has 0 aromatic rings. The van der Waals surface area contributed by atoms with Crippen LogP contribution in [0.3, 0.4) is 0 Å². The largest absolute Gasteiger partial charge is 0.480 e. The highest BCUT2D eigenvalue weighted by atomic mass is 16.5. The Morgan fingerprint density at radius 3 is 2.82 bits per heavy atom. The van der Waals surface area contributed by atoms with Crippen molar-refractivity contribution in [1.29, 1.82) is 0 Å². The lowest BCUT2D eigenvalue weighted by atomic mass is 10.2. The van der Waals surface area contributed by atoms with Gasteiger partial charge in [-0.25, -0.2) is 9.59 Å². The summed E-state index contributed by atoms with van der Waals surface area (Å²) in [5.41, 5.74) is 0. The van der Waals surface area contributed by atoms with Crippen LogP contribution >= 0.6 is 0 Å². The van der Waals surface area contributed by atoms with Crippen LogP contribution in [-0.4, -0.2) is 54.4 Å². The van der Waals surface area contributed by atoms with Gasteiger partial charge in [-0.1, -0.05) is 6.92 Å². The molecule has 1 aliphatic rings. The van der Waals surface area contributed by atoms with Crippen molar-refractivity contribution in [2.24, 2.45) is 0 Å². The van der Waals surface area contributed by atoms with E-state index in [9.17, 15) is 9.59 Å². The topological polar surface area (TPSA) is 78.9 Å². The summed E-state index contributed by atoms with van der Waals surface area (Å²) in [4.78, 5) is 24.2. The Balaban J connectivity index is 2.54. The highest BCUT2D eigenvalue weighted by Gasteiger charge is 2.34. The fourth-order valence-corrected chi connectivity index (χ4v) is 1.99. The van der Waals surface area contributed by atoms with E-state index in [1.54, 1.807) is 7.11 Å². The summed E-state index contributed by atoms with van der Waals surface area (Å²) in [7, 11) is 1.57. The number of carboxylic acids is 1. The van der Waals surface area contributed by atoms with Gasteiger partial charge in [0.15, 0.2) is 0 Å². The molecule has 2 atom stereocenters. The lowest BCUT2D eigenvalue weighted by Crippen LogP contribution is -2.50. The van der Waals surface area contributed by atoms with Crippen molar-refractivity contribution >= 4 is 12.0 Å². The van der Waals surface area contributed by atoms with Crippen LogP contribution in [0.4, 0.5) is 4.79 Å². The molecule has 1 fully saturated rings. The normalized spacial score (nSPS) is 21.3. The maximum atomic E-state index is 11.9. The molecule has 0 spiro atoms. The number of urea groups is 1. The summed E-state index contributed by atoms with van der Waals surface area (Å²) in [5.74, 6) is -0.933. The van der Waals surface area contributed by atoms with Gasteiger partial charge in [0.05, 0.1) is 12.6 Å². The first-order chi connectivity index (χ1) is 8.10. The van der Waals surface area contributed by atoms with Crippen molar-refractivity contribution in [3.63, 3.8) is 0 Å². The summed E-state index contributed by atoms with van der Waals surface area (Å²) >= 11 is 0. The maximum Gasteiger partial charge on any atom is 0.326 e. The first kappa shape index (κ1) is 13.8. The van der Waals surface area contributed by atoms with Gasteiger partial charge in [0.2, 0.25) is 0 Å². The molecule has 0 aromatic heterocycles. The van der Waals surface area contributed by atoms with E-state index < -0.39 is 12.0 Å². The number of hydrogen-bond acceptors (Lipinski definition) is 3. The number of methoxy groups -OCH3 is 1. The molecule has 1 saturated heterocycles. The van der Waals surface area contributed by atoms with Crippen LogP contribution in [-0.2, 0) is 9.53 Å². The summed E-state index contributed by atoms with van der Waals surface area (Å²) in [5, 5.41) is 11.8. The number of nitrogens with zero attached hydrogens (tertiary/aromatic N) is 1. The minimum absolute atomic E-state index is 0.0671. The van der Waals surface area contributed by atoms with Crippen molar-refractivity contribution in [2.75, 3.05) is 20.3 Å². The first-order valence-electron chi connectivity index (χ1n) is 5.89. The fraction of sp³-hybridized carbons (Fsp3) is 0.818. The van der Waals surface area contributed by atoms with E-state index in [0.29, 0.717) is 19.6 Å². The van der Waals surface area contributed by atoms with Gasteiger partial charge in [-0.15, -0.1) is 0 Å². The number of aliphatic carboxylic acids is 1. The number of hydrogen-bond donors (Lipinski definition) is 2. The van der Waals surface area contributed by atoms with Gasteiger partial charge in [-0.3, -0.25) is 0 Å². The molecule has 98 valence electrons. The predicted octanol–water partition coefficient (Wildman–Crippen LogP) is 0.670. The third-order valence-electron chi connectivity index (χ3n) is 2.99. The number of carbonyl (C=O) groups excluding carboxylic acids is 1. The molecule has 0 aliphatic carbocycles. The molecule has 17 heavy (non-hydrogen) atoms. The summed E-state index contributed by atoms with van der Waals surface area (Å²) in [6, 6.07) is -1.06. The number of ether oxygens (including phenoxy) is 1. The van der Waals surface area contributed by atoms with E-state index in [4.69, 9.17) is 9.84 Å². The van der Waals surface area contributed by atoms with Gasteiger partial charge in [-0.05, 0) is 19.3 Å². The minimum atomic E-state index is -0.933. The van der Waals surface area contributed by atoms with Crippen molar-refractivity contribution in [3.8, 4) is 0 Å². The van der Waals surface area contributed by atoms with E-state index >= 15 is 0 Å². The number of carbonyl (C=O) groups is 2. The SMILES string of the molecule is CCC(COC)NC(=O)N1CCCC1C(=O)O. The summed E-state index contributed by atoms with van der Waals surface area (Å²) in [6.45, 7) is 2.89. The second-order valence-corrected chi connectivity index (χ2v) is 4.20. The smallest absolute Gasteiger partial charge is 0.326 e. The first-order valence-corrected chi connectivity index (χ1v) is 5.89. The Labute approximate surface area is 101 Å². The summed E-state index contributed by atoms with van der Waals surface area (Å²) in [6.07, 6.45) is 2.03. The van der Waals surface area contributed by atoms with Crippen molar-refractivity contribution in [2.45, 2.75) is 38.3 Å². The Hall–Kier alpha value is -1.30. The third kappa shape index (κ3) is 3.59. The van der Waals surface area contributed by atoms with Crippen LogP contribution in [0.25, 0.3) is 0 Å². The number of nitrogens with one attached hydrogen (secondary N) is 1. The average Bonchev–Trinajstić information content (AvgIpc) is 2.77. The van der Waals surface area contributed by atoms with Crippen molar-refractivity contribution < 1.29 is 19.4 Å². The molecule has 0 saturated carbocycles. The minimum Gasteiger partial charge on any atom is -0.480 e. The monoisotopic (exact) mass is 244 g/mol. The molecule has 0 aromatic carbocycles. The number of carboxylic acid groups (broad SMARTS) is 1. The Morgan fingerprint density at radius 1 is 1.59 bits per heavy atom. The van der Waals surface area contributed by atoms with Crippen LogP contribution in [0.5, 0.6) is 0 Å². The van der Waals surface area contributed by atoms with Gasteiger partial charge < -0.3 is 20.1 Å². The second-order valence-electron chi connectivity index (χ2n) is 4.20. The van der Waals surface area contributed by atoms with Crippen LogP contribution in [0.1, 0.15) is 26.2 Å². The zero-order valence-corrected chi connectivity index (χ0v) is 10.3. The Morgan fingerprint density at radius 2 is 2.29 bits per heavy atom. The zero-order chi connectivity index (χ0) is 12.8. The highest BCUT2D eigenvalue weighted by Crippen LogP contribution is 2.17. The van der Waals surface area contributed by atoms with Gasteiger partial charge in [0.1, 0.15) is 6.04 Å². The van der Waals surface area contributed by atoms with Crippen LogP contribution in [0.15, 0.2) is 0 Å². The molecule has 2 unspecified atom stereocenters. The van der Waals surface area contributed by atoms with E-state index in [2.05, 4.69) is 5.32 Å². The van der Waals surface area contributed by atoms with E-state index in [1.165, 1.54) is 4.90 Å². The Bertz CT molecular complexity index is 283. The van der Waals surface area contributed by atoms with E-state index in [-0.39, 0.29) is 12.1 Å². The zero-order valence-electron chi connectivity index (χ0n) is 10.3. The number of rotatable bonds is 5. The molecule has 2 N–H and O–H groups in total. The Kier molecular flexibility index (Phi) is 5.21. The molecule has 6 nitrogen and oxygen atoms in total. The van der Waals surface area contributed by atoms with Gasteiger partial charge in [0, 0.05) is 13.7 Å². The van der Waals surface area contributed by atoms with Crippen LogP contribution in [0, 0.1) is 0 Å². The third-order valence-corrected chi connectivity index (χ3v) is 2.99. The van der Waals surface area contributed by atoms with E-state index in [1.807, 2.05) is 6.92 Å². The fourth-order valence-electron chi connectivity index (χ4n) is 1.99. The predicted molar refractivity (Wildman–Crippen MR) is 61.9 cm³/mol. The lowest BCUT2D eigenvalue weighted by molar-refractivity contribution is -0.141. The molecular weight excluding hydrogens is 224 g/mol. The van der Waals surface area contributed by atoms with Crippen LogP contribution < -0.4 is 5.32 Å².